The molecule has 5 nitrogen and oxygen atoms in total. The van der Waals surface area contributed by atoms with Crippen LogP contribution >= 0.6 is 0 Å². The molecule has 0 aliphatic carbocycles. The van der Waals surface area contributed by atoms with Crippen molar-refractivity contribution in [3.8, 4) is 11.3 Å². The van der Waals surface area contributed by atoms with Crippen LogP contribution in [-0.4, -0.2) is 15.9 Å². The Labute approximate surface area is 137 Å². The third kappa shape index (κ3) is 4.28. The fourth-order valence-electron chi connectivity index (χ4n) is 2.16. The zero-order valence-corrected chi connectivity index (χ0v) is 14.0. The van der Waals surface area contributed by atoms with Crippen LogP contribution in [0.15, 0.2) is 30.5 Å². The van der Waals surface area contributed by atoms with Crippen molar-refractivity contribution in [2.45, 2.75) is 40.0 Å². The lowest BCUT2D eigenvalue weighted by Gasteiger charge is -2.13. The number of aryl methyl sites for hydroxylation is 1. The molecule has 1 unspecified atom stereocenters. The normalized spacial score (nSPS) is 12.0. The van der Waals surface area contributed by atoms with Crippen LogP contribution in [0, 0.1) is 5.92 Å². The summed E-state index contributed by atoms with van der Waals surface area (Å²) in [6.07, 6.45) is 4.20. The number of amides is 1. The molecule has 5 heteroatoms. The summed E-state index contributed by atoms with van der Waals surface area (Å²) >= 11 is 0. The van der Waals surface area contributed by atoms with Crippen molar-refractivity contribution in [2.24, 2.45) is 5.92 Å². The lowest BCUT2D eigenvalue weighted by atomic mass is 10.1. The van der Waals surface area contributed by atoms with E-state index in [1.54, 1.807) is 6.20 Å². The zero-order valence-electron chi connectivity index (χ0n) is 14.0. The van der Waals surface area contributed by atoms with E-state index < -0.39 is 0 Å². The van der Waals surface area contributed by atoms with Gasteiger partial charge in [0.1, 0.15) is 0 Å². The molecule has 0 radical (unpaired) electrons. The maximum atomic E-state index is 12.1. The highest BCUT2D eigenvalue weighted by molar-refractivity contribution is 5.91. The molecule has 2 aromatic rings. The minimum Gasteiger partial charge on any atom is -0.399 e. The molecule has 0 fully saturated rings. The zero-order chi connectivity index (χ0) is 16.8. The molecule has 122 valence electrons. The minimum absolute atomic E-state index is 0.0145. The Morgan fingerprint density at radius 2 is 1.96 bits per heavy atom. The van der Waals surface area contributed by atoms with Gasteiger partial charge in [0.25, 0.3) is 0 Å². The quantitative estimate of drug-likeness (QED) is 0.798. The summed E-state index contributed by atoms with van der Waals surface area (Å²) in [5.74, 6) is 0.513. The summed E-state index contributed by atoms with van der Waals surface area (Å²) in [5.41, 5.74) is 9.00. The maximum Gasteiger partial charge on any atom is 0.228 e. The van der Waals surface area contributed by atoms with Crippen LogP contribution in [0.25, 0.3) is 11.3 Å². The van der Waals surface area contributed by atoms with Crippen LogP contribution in [0.3, 0.4) is 0 Å². The third-order valence-corrected chi connectivity index (χ3v) is 3.84. The van der Waals surface area contributed by atoms with Crippen molar-refractivity contribution in [1.29, 1.82) is 0 Å². The number of nitrogens with two attached hydrogens (primary N) is 1. The van der Waals surface area contributed by atoms with Crippen LogP contribution in [0.4, 0.5) is 11.5 Å². The Morgan fingerprint density at radius 1 is 1.26 bits per heavy atom. The number of benzene rings is 1. The monoisotopic (exact) mass is 312 g/mol. The van der Waals surface area contributed by atoms with Crippen LogP contribution in [-0.2, 0) is 11.2 Å². The van der Waals surface area contributed by atoms with Crippen molar-refractivity contribution in [2.75, 3.05) is 11.1 Å². The van der Waals surface area contributed by atoms with Gasteiger partial charge in [-0.25, -0.2) is 9.97 Å². The maximum absolute atomic E-state index is 12.1. The molecule has 1 amide bonds. The predicted molar refractivity (Wildman–Crippen MR) is 94.0 cm³/mol. The first-order valence-electron chi connectivity index (χ1n) is 8.07. The lowest BCUT2D eigenvalue weighted by Crippen LogP contribution is -2.21. The molecular weight excluding hydrogens is 288 g/mol. The first kappa shape index (κ1) is 16.9. The van der Waals surface area contributed by atoms with Gasteiger partial charge >= 0.3 is 0 Å². The van der Waals surface area contributed by atoms with E-state index in [9.17, 15) is 4.79 Å². The van der Waals surface area contributed by atoms with Gasteiger partial charge in [-0.15, -0.1) is 0 Å². The smallest absolute Gasteiger partial charge is 0.228 e. The molecule has 0 saturated heterocycles. The molecule has 0 saturated carbocycles. The van der Waals surface area contributed by atoms with Gasteiger partial charge < -0.3 is 11.1 Å². The number of nitrogen functional groups attached to an aromatic ring is 1. The van der Waals surface area contributed by atoms with Crippen molar-refractivity contribution in [3.05, 3.63) is 36.2 Å². The predicted octanol–water partition coefficient (Wildman–Crippen LogP) is 3.66. The lowest BCUT2D eigenvalue weighted by molar-refractivity contribution is -0.119. The van der Waals surface area contributed by atoms with Crippen molar-refractivity contribution in [1.82, 2.24) is 9.97 Å². The highest BCUT2D eigenvalue weighted by Gasteiger charge is 2.15. The fraction of sp³-hybridized carbons (Fsp3) is 0.389. The number of anilines is 2. The topological polar surface area (TPSA) is 80.9 Å². The van der Waals surface area contributed by atoms with Gasteiger partial charge in [-0.05, 0) is 25.0 Å². The van der Waals surface area contributed by atoms with Gasteiger partial charge in [-0.1, -0.05) is 39.3 Å². The first-order chi connectivity index (χ1) is 11.0. The van der Waals surface area contributed by atoms with Crippen LogP contribution in [0.2, 0.25) is 0 Å². The average molecular weight is 312 g/mol. The standard InChI is InChI=1S/C18H24N4O/c1-4-6-15-17(22-18(23)12(3)5-2)20-11-16(21-15)13-7-9-14(19)10-8-13/h7-12H,4-6,19H2,1-3H3,(H,20,22,23). The number of aromatic nitrogens is 2. The van der Waals surface area contributed by atoms with Crippen LogP contribution < -0.4 is 11.1 Å². The average Bonchev–Trinajstić information content (AvgIpc) is 2.56. The van der Waals surface area contributed by atoms with Gasteiger partial charge in [0.05, 0.1) is 17.6 Å². The molecule has 0 aliphatic heterocycles. The molecule has 3 N–H and O–H groups in total. The van der Waals surface area contributed by atoms with Gasteiger partial charge in [0.2, 0.25) is 5.91 Å². The summed E-state index contributed by atoms with van der Waals surface area (Å²) in [6.45, 7) is 5.98. The Bertz CT molecular complexity index is 667. The number of hydrogen-bond acceptors (Lipinski definition) is 4. The summed E-state index contributed by atoms with van der Waals surface area (Å²) in [7, 11) is 0. The van der Waals surface area contributed by atoms with Crippen molar-refractivity contribution < 1.29 is 4.79 Å². The van der Waals surface area contributed by atoms with Gasteiger partial charge in [0.15, 0.2) is 5.82 Å². The Kier molecular flexibility index (Phi) is 5.68. The second-order valence-corrected chi connectivity index (χ2v) is 5.72. The third-order valence-electron chi connectivity index (χ3n) is 3.84. The van der Waals surface area contributed by atoms with Crippen LogP contribution in [0.5, 0.6) is 0 Å². The van der Waals surface area contributed by atoms with E-state index in [0.717, 1.165) is 36.2 Å². The molecule has 1 heterocycles. The number of nitrogens with one attached hydrogen (secondary N) is 1. The largest absolute Gasteiger partial charge is 0.399 e. The number of hydrogen-bond donors (Lipinski definition) is 2. The van der Waals surface area contributed by atoms with Crippen molar-refractivity contribution in [3.63, 3.8) is 0 Å². The molecular formula is C18H24N4O. The fourth-order valence-corrected chi connectivity index (χ4v) is 2.16. The highest BCUT2D eigenvalue weighted by atomic mass is 16.1. The first-order valence-corrected chi connectivity index (χ1v) is 8.07. The molecule has 0 spiro atoms. The molecule has 0 aliphatic rings. The summed E-state index contributed by atoms with van der Waals surface area (Å²) in [5, 5.41) is 2.90. The number of carbonyl (C=O) groups excluding carboxylic acids is 1. The van der Waals surface area contributed by atoms with Gasteiger partial charge in [-0.3, -0.25) is 4.79 Å². The van der Waals surface area contributed by atoms with Gasteiger partial charge in [0, 0.05) is 17.2 Å². The SMILES string of the molecule is CCCc1nc(-c2ccc(N)cc2)cnc1NC(=O)C(C)CC. The van der Waals surface area contributed by atoms with E-state index in [1.807, 2.05) is 38.1 Å². The molecule has 23 heavy (non-hydrogen) atoms. The van der Waals surface area contributed by atoms with E-state index in [1.165, 1.54) is 0 Å². The van der Waals surface area contributed by atoms with E-state index in [0.29, 0.717) is 11.5 Å². The number of nitrogens with zero attached hydrogens (tertiary/aromatic N) is 2. The van der Waals surface area contributed by atoms with Crippen molar-refractivity contribution >= 4 is 17.4 Å². The molecule has 1 aromatic heterocycles. The molecule has 1 aromatic carbocycles. The van der Waals surface area contributed by atoms with E-state index >= 15 is 0 Å². The molecule has 1 atom stereocenters. The molecule has 2 rings (SSSR count). The Morgan fingerprint density at radius 3 is 2.57 bits per heavy atom. The summed E-state index contributed by atoms with van der Waals surface area (Å²) in [6, 6.07) is 7.53. The Hall–Kier alpha value is -2.43. The van der Waals surface area contributed by atoms with Crippen LogP contribution in [0.1, 0.15) is 39.3 Å². The number of carbonyl (C=O) groups is 1. The minimum atomic E-state index is -0.0388. The summed E-state index contributed by atoms with van der Waals surface area (Å²) < 4.78 is 0. The second kappa shape index (κ2) is 7.72. The van der Waals surface area contributed by atoms with E-state index in [-0.39, 0.29) is 11.8 Å². The second-order valence-electron chi connectivity index (χ2n) is 5.72. The highest BCUT2D eigenvalue weighted by Crippen LogP contribution is 2.22. The molecule has 0 bridgehead atoms. The number of rotatable bonds is 6. The van der Waals surface area contributed by atoms with E-state index in [2.05, 4.69) is 22.2 Å². The Balaban J connectivity index is 2.30. The van der Waals surface area contributed by atoms with E-state index in [4.69, 9.17) is 5.73 Å². The van der Waals surface area contributed by atoms with Gasteiger partial charge in [-0.2, -0.15) is 0 Å². The summed E-state index contributed by atoms with van der Waals surface area (Å²) in [4.78, 5) is 21.2.